The van der Waals surface area contributed by atoms with Gasteiger partial charge in [0.15, 0.2) is 5.78 Å². The van der Waals surface area contributed by atoms with Crippen LogP contribution in [0, 0.1) is 20.8 Å². The van der Waals surface area contributed by atoms with Gasteiger partial charge in [-0.1, -0.05) is 6.07 Å². The summed E-state index contributed by atoms with van der Waals surface area (Å²) in [6, 6.07) is 5.96. The van der Waals surface area contributed by atoms with E-state index in [1.54, 1.807) is 0 Å². The number of aryl methyl sites for hydroxylation is 2. The standard InChI is InChI=1S/C15H17ClN2O/c1-10-4-5-13(8-17-10)9-18-11(2)6-14(12(18)3)15(19)7-16/h4-6,8H,7,9H2,1-3H3. The molecule has 0 aliphatic carbocycles. The van der Waals surface area contributed by atoms with Crippen LogP contribution in [0.2, 0.25) is 0 Å². The predicted octanol–water partition coefficient (Wildman–Crippen LogP) is 3.28. The largest absolute Gasteiger partial charge is 0.344 e. The van der Waals surface area contributed by atoms with Crippen molar-refractivity contribution in [1.82, 2.24) is 9.55 Å². The van der Waals surface area contributed by atoms with Crippen molar-refractivity contribution >= 4 is 17.4 Å². The summed E-state index contributed by atoms with van der Waals surface area (Å²) >= 11 is 5.63. The Kier molecular flexibility index (Phi) is 4.05. The first-order chi connectivity index (χ1) is 9.02. The molecule has 2 rings (SSSR count). The fourth-order valence-electron chi connectivity index (χ4n) is 2.17. The highest BCUT2D eigenvalue weighted by molar-refractivity contribution is 6.30. The monoisotopic (exact) mass is 276 g/mol. The van der Waals surface area contributed by atoms with E-state index in [0.29, 0.717) is 5.56 Å². The topological polar surface area (TPSA) is 34.9 Å². The highest BCUT2D eigenvalue weighted by Crippen LogP contribution is 2.18. The maximum absolute atomic E-state index is 11.7. The number of halogens is 1. The molecule has 0 N–H and O–H groups in total. The van der Waals surface area contributed by atoms with Gasteiger partial charge in [-0.15, -0.1) is 11.6 Å². The van der Waals surface area contributed by atoms with Crippen molar-refractivity contribution in [3.8, 4) is 0 Å². The Morgan fingerprint density at radius 3 is 2.63 bits per heavy atom. The van der Waals surface area contributed by atoms with Crippen LogP contribution in [0.25, 0.3) is 0 Å². The quantitative estimate of drug-likeness (QED) is 0.634. The van der Waals surface area contributed by atoms with Crippen LogP contribution in [0.4, 0.5) is 0 Å². The number of ketones is 1. The van der Waals surface area contributed by atoms with E-state index in [2.05, 4.69) is 15.6 Å². The summed E-state index contributed by atoms with van der Waals surface area (Å²) in [6.45, 7) is 6.64. The van der Waals surface area contributed by atoms with E-state index in [4.69, 9.17) is 11.6 Å². The number of Topliss-reactive ketones (excluding diaryl/α,β-unsaturated/α-hetero) is 1. The summed E-state index contributed by atoms with van der Waals surface area (Å²) in [4.78, 5) is 16.0. The van der Waals surface area contributed by atoms with E-state index >= 15 is 0 Å². The van der Waals surface area contributed by atoms with Gasteiger partial charge in [0.25, 0.3) is 0 Å². The van der Waals surface area contributed by atoms with E-state index in [0.717, 1.165) is 29.2 Å². The summed E-state index contributed by atoms with van der Waals surface area (Å²) in [6.07, 6.45) is 1.87. The number of pyridine rings is 1. The highest BCUT2D eigenvalue weighted by atomic mass is 35.5. The lowest BCUT2D eigenvalue weighted by molar-refractivity contribution is 0.102. The molecular weight excluding hydrogens is 260 g/mol. The van der Waals surface area contributed by atoms with Crippen LogP contribution >= 0.6 is 11.6 Å². The molecule has 0 saturated carbocycles. The van der Waals surface area contributed by atoms with Gasteiger partial charge in [-0.2, -0.15) is 0 Å². The van der Waals surface area contributed by atoms with E-state index in [1.807, 2.05) is 39.1 Å². The Labute approximate surface area is 118 Å². The molecule has 19 heavy (non-hydrogen) atoms. The fraction of sp³-hybridized carbons (Fsp3) is 0.333. The summed E-state index contributed by atoms with van der Waals surface area (Å²) in [5.41, 5.74) is 4.86. The number of carbonyl (C=O) groups is 1. The zero-order valence-electron chi connectivity index (χ0n) is 11.4. The molecule has 0 aliphatic rings. The van der Waals surface area contributed by atoms with E-state index in [-0.39, 0.29) is 11.7 Å². The van der Waals surface area contributed by atoms with Gasteiger partial charge in [0.2, 0.25) is 0 Å². The highest BCUT2D eigenvalue weighted by Gasteiger charge is 2.14. The van der Waals surface area contributed by atoms with Crippen molar-refractivity contribution in [1.29, 1.82) is 0 Å². The lowest BCUT2D eigenvalue weighted by Crippen LogP contribution is -2.07. The lowest BCUT2D eigenvalue weighted by Gasteiger charge is -2.09. The molecule has 0 spiro atoms. The zero-order valence-corrected chi connectivity index (χ0v) is 12.2. The fourth-order valence-corrected chi connectivity index (χ4v) is 2.32. The minimum absolute atomic E-state index is 0.0242. The molecule has 2 aromatic rings. The second-order valence-electron chi connectivity index (χ2n) is 4.74. The summed E-state index contributed by atoms with van der Waals surface area (Å²) in [7, 11) is 0. The SMILES string of the molecule is Cc1ccc(Cn2c(C)cc(C(=O)CCl)c2C)cn1. The second-order valence-corrected chi connectivity index (χ2v) is 5.00. The van der Waals surface area contributed by atoms with Gasteiger partial charge in [0.05, 0.1) is 5.88 Å². The number of aromatic nitrogens is 2. The van der Waals surface area contributed by atoms with E-state index < -0.39 is 0 Å². The molecule has 0 amide bonds. The number of rotatable bonds is 4. The molecule has 2 aromatic heterocycles. The predicted molar refractivity (Wildman–Crippen MR) is 77.0 cm³/mol. The summed E-state index contributed by atoms with van der Waals surface area (Å²) < 4.78 is 2.12. The van der Waals surface area contributed by atoms with Gasteiger partial charge >= 0.3 is 0 Å². The molecule has 0 fully saturated rings. The average Bonchev–Trinajstić information content (AvgIpc) is 2.68. The van der Waals surface area contributed by atoms with Crippen LogP contribution in [-0.4, -0.2) is 21.2 Å². The Balaban J connectivity index is 2.33. The van der Waals surface area contributed by atoms with Crippen molar-refractivity contribution in [2.45, 2.75) is 27.3 Å². The van der Waals surface area contributed by atoms with Crippen molar-refractivity contribution < 1.29 is 4.79 Å². The molecule has 4 heteroatoms. The minimum atomic E-state index is -0.0250. The van der Waals surface area contributed by atoms with Crippen LogP contribution in [0.15, 0.2) is 24.4 Å². The Bertz CT molecular complexity index is 599. The molecule has 0 atom stereocenters. The molecule has 0 aromatic carbocycles. The third-order valence-electron chi connectivity index (χ3n) is 3.31. The van der Waals surface area contributed by atoms with E-state index in [1.165, 1.54) is 0 Å². The van der Waals surface area contributed by atoms with E-state index in [9.17, 15) is 4.79 Å². The zero-order chi connectivity index (χ0) is 14.0. The summed E-state index contributed by atoms with van der Waals surface area (Å²) in [5.74, 6) is -0.000769. The van der Waals surface area contributed by atoms with Crippen LogP contribution in [0.1, 0.15) is 33.0 Å². The average molecular weight is 277 g/mol. The van der Waals surface area contributed by atoms with Gasteiger partial charge in [-0.05, 0) is 38.5 Å². The second kappa shape index (κ2) is 5.57. The number of carbonyl (C=O) groups excluding carboxylic acids is 1. The van der Waals surface area contributed by atoms with Gasteiger partial charge in [-0.25, -0.2) is 0 Å². The third kappa shape index (κ3) is 2.87. The molecule has 0 radical (unpaired) electrons. The number of alkyl halides is 1. The first kappa shape index (κ1) is 13.8. The number of hydrogen-bond donors (Lipinski definition) is 0. The molecule has 0 bridgehead atoms. The molecule has 0 saturated heterocycles. The van der Waals surface area contributed by atoms with Gasteiger partial charge in [0, 0.05) is 35.4 Å². The normalized spacial score (nSPS) is 10.7. The third-order valence-corrected chi connectivity index (χ3v) is 3.55. The Morgan fingerprint density at radius 1 is 1.32 bits per heavy atom. The van der Waals surface area contributed by atoms with Crippen LogP contribution < -0.4 is 0 Å². The number of hydrogen-bond acceptors (Lipinski definition) is 2. The molecule has 2 heterocycles. The van der Waals surface area contributed by atoms with Crippen LogP contribution in [0.3, 0.4) is 0 Å². The van der Waals surface area contributed by atoms with Crippen molar-refractivity contribution in [2.24, 2.45) is 0 Å². The number of nitrogens with zero attached hydrogens (tertiary/aromatic N) is 2. The maximum atomic E-state index is 11.7. The molecular formula is C15H17ClN2O. The van der Waals surface area contributed by atoms with Crippen molar-refractivity contribution in [3.63, 3.8) is 0 Å². The van der Waals surface area contributed by atoms with Crippen molar-refractivity contribution in [3.05, 3.63) is 52.6 Å². The first-order valence-electron chi connectivity index (χ1n) is 6.20. The van der Waals surface area contributed by atoms with Crippen LogP contribution in [0.5, 0.6) is 0 Å². The first-order valence-corrected chi connectivity index (χ1v) is 6.73. The molecule has 0 unspecified atom stereocenters. The van der Waals surface area contributed by atoms with Gasteiger partial charge in [0.1, 0.15) is 0 Å². The smallest absolute Gasteiger partial charge is 0.179 e. The minimum Gasteiger partial charge on any atom is -0.344 e. The molecule has 100 valence electrons. The lowest BCUT2D eigenvalue weighted by atomic mass is 10.2. The van der Waals surface area contributed by atoms with Gasteiger partial charge in [-0.3, -0.25) is 9.78 Å². The summed E-state index contributed by atoms with van der Waals surface area (Å²) in [5, 5.41) is 0. The van der Waals surface area contributed by atoms with Crippen molar-refractivity contribution in [2.75, 3.05) is 5.88 Å². The molecule has 3 nitrogen and oxygen atoms in total. The van der Waals surface area contributed by atoms with Gasteiger partial charge < -0.3 is 4.57 Å². The van der Waals surface area contributed by atoms with Crippen LogP contribution in [-0.2, 0) is 6.54 Å². The Morgan fingerprint density at radius 2 is 2.05 bits per heavy atom. The Hall–Kier alpha value is -1.61. The molecule has 0 aliphatic heterocycles. The maximum Gasteiger partial charge on any atom is 0.179 e.